The molecule has 1 fully saturated rings. The fraction of sp³-hybridized carbons (Fsp3) is 0.533. The number of aryl methyl sites for hydroxylation is 1. The molecule has 5 nitrogen and oxygen atoms in total. The highest BCUT2D eigenvalue weighted by Gasteiger charge is 2.33. The lowest BCUT2D eigenvalue weighted by atomic mass is 10.1. The lowest BCUT2D eigenvalue weighted by Gasteiger charge is -2.16. The third-order valence-corrected chi connectivity index (χ3v) is 3.71. The largest absolute Gasteiger partial charge is 0.481 e. The predicted molar refractivity (Wildman–Crippen MR) is 79.5 cm³/mol. The number of aromatic nitrogens is 1. The topological polar surface area (TPSA) is 79.3 Å². The van der Waals surface area contributed by atoms with Crippen molar-refractivity contribution in [2.75, 3.05) is 0 Å². The first-order valence-corrected chi connectivity index (χ1v) is 7.56. The summed E-state index contributed by atoms with van der Waals surface area (Å²) in [4.78, 5) is 27.3. The van der Waals surface area contributed by atoms with Crippen LogP contribution in [0.3, 0.4) is 0 Å². The van der Waals surface area contributed by atoms with Crippen molar-refractivity contribution in [2.24, 2.45) is 5.92 Å². The van der Waals surface area contributed by atoms with Gasteiger partial charge in [0.1, 0.15) is 5.15 Å². The fourth-order valence-electron chi connectivity index (χ4n) is 2.34. The average molecular weight is 311 g/mol. The van der Waals surface area contributed by atoms with Crippen LogP contribution in [0.5, 0.6) is 0 Å². The Labute approximate surface area is 128 Å². The molecule has 2 rings (SSSR count). The molecule has 1 heterocycles. The minimum atomic E-state index is -0.897. The molecule has 21 heavy (non-hydrogen) atoms. The van der Waals surface area contributed by atoms with Gasteiger partial charge in [-0.15, -0.1) is 0 Å². The molecule has 1 aromatic heterocycles. The zero-order valence-electron chi connectivity index (χ0n) is 11.9. The van der Waals surface area contributed by atoms with Gasteiger partial charge in [0.05, 0.1) is 6.42 Å². The second-order valence-corrected chi connectivity index (χ2v) is 5.82. The Morgan fingerprint density at radius 1 is 1.48 bits per heavy atom. The number of pyridine rings is 1. The van der Waals surface area contributed by atoms with E-state index < -0.39 is 5.97 Å². The Bertz CT molecular complexity index is 544. The quantitative estimate of drug-likeness (QED) is 0.759. The van der Waals surface area contributed by atoms with Gasteiger partial charge >= 0.3 is 5.97 Å². The zero-order valence-corrected chi connectivity index (χ0v) is 12.7. The van der Waals surface area contributed by atoms with E-state index >= 15 is 0 Å². The maximum absolute atomic E-state index is 12.3. The Balaban J connectivity index is 2.09. The van der Waals surface area contributed by atoms with Gasteiger partial charge in [-0.05, 0) is 37.3 Å². The summed E-state index contributed by atoms with van der Waals surface area (Å²) in [5, 5.41) is 12.0. The van der Waals surface area contributed by atoms with Crippen molar-refractivity contribution in [2.45, 2.75) is 45.1 Å². The van der Waals surface area contributed by atoms with Crippen LogP contribution in [0.15, 0.2) is 12.1 Å². The summed E-state index contributed by atoms with van der Waals surface area (Å²) in [6, 6.07) is 2.92. The lowest BCUT2D eigenvalue weighted by Crippen LogP contribution is -2.38. The monoisotopic (exact) mass is 310 g/mol. The zero-order chi connectivity index (χ0) is 15.4. The van der Waals surface area contributed by atoms with E-state index in [0.29, 0.717) is 5.56 Å². The molecule has 1 aliphatic carbocycles. The molecule has 1 atom stereocenters. The predicted octanol–water partition coefficient (Wildman–Crippen LogP) is 2.67. The van der Waals surface area contributed by atoms with Gasteiger partial charge in [-0.1, -0.05) is 24.9 Å². The highest BCUT2D eigenvalue weighted by Crippen LogP contribution is 2.34. The van der Waals surface area contributed by atoms with Crippen molar-refractivity contribution < 1.29 is 14.7 Å². The average Bonchev–Trinajstić information content (AvgIpc) is 3.21. The molecule has 6 heteroatoms. The van der Waals surface area contributed by atoms with Gasteiger partial charge in [0.2, 0.25) is 0 Å². The van der Waals surface area contributed by atoms with Crippen LogP contribution in [0, 0.1) is 5.92 Å². The third kappa shape index (κ3) is 4.70. The minimum Gasteiger partial charge on any atom is -0.481 e. The first-order chi connectivity index (χ1) is 9.99. The van der Waals surface area contributed by atoms with E-state index in [1.165, 1.54) is 6.07 Å². The van der Waals surface area contributed by atoms with Crippen molar-refractivity contribution in [1.29, 1.82) is 0 Å². The van der Waals surface area contributed by atoms with Crippen molar-refractivity contribution in [1.82, 2.24) is 10.3 Å². The summed E-state index contributed by atoms with van der Waals surface area (Å²) >= 11 is 5.94. The van der Waals surface area contributed by atoms with Crippen LogP contribution in [0.1, 0.15) is 48.7 Å². The molecule has 1 unspecified atom stereocenters. The number of aliphatic carboxylic acids is 1. The van der Waals surface area contributed by atoms with Crippen molar-refractivity contribution in [3.63, 3.8) is 0 Å². The summed E-state index contributed by atoms with van der Waals surface area (Å²) in [6.45, 7) is 2.03. The van der Waals surface area contributed by atoms with Crippen LogP contribution in [-0.4, -0.2) is 28.0 Å². The van der Waals surface area contributed by atoms with E-state index in [-0.39, 0.29) is 29.4 Å². The van der Waals surface area contributed by atoms with Crippen LogP contribution in [-0.2, 0) is 11.2 Å². The van der Waals surface area contributed by atoms with Gasteiger partial charge in [-0.2, -0.15) is 0 Å². The third-order valence-electron chi connectivity index (χ3n) is 3.52. The maximum Gasteiger partial charge on any atom is 0.305 e. The van der Waals surface area contributed by atoms with E-state index in [4.69, 9.17) is 16.7 Å². The lowest BCUT2D eigenvalue weighted by molar-refractivity contribution is -0.137. The highest BCUT2D eigenvalue weighted by atomic mass is 35.5. The number of amides is 1. The van der Waals surface area contributed by atoms with Gasteiger partial charge in [0.15, 0.2) is 0 Å². The number of carbonyl (C=O) groups excluding carboxylic acids is 1. The van der Waals surface area contributed by atoms with E-state index in [1.54, 1.807) is 6.07 Å². The van der Waals surface area contributed by atoms with Gasteiger partial charge in [0, 0.05) is 17.3 Å². The molecule has 114 valence electrons. The number of halogens is 1. The van der Waals surface area contributed by atoms with E-state index in [0.717, 1.165) is 31.4 Å². The van der Waals surface area contributed by atoms with Gasteiger partial charge < -0.3 is 10.4 Å². The summed E-state index contributed by atoms with van der Waals surface area (Å²) in [5.74, 6) is -0.904. The smallest absolute Gasteiger partial charge is 0.305 e. The molecular formula is C15H19ClN2O3. The van der Waals surface area contributed by atoms with Gasteiger partial charge in [-0.25, -0.2) is 4.98 Å². The molecule has 2 N–H and O–H groups in total. The fourth-order valence-corrected chi connectivity index (χ4v) is 2.57. The SMILES string of the molecule is CCCc1cc(C(=O)NC(CC(=O)O)C2CC2)cc(Cl)n1. The summed E-state index contributed by atoms with van der Waals surface area (Å²) in [6.07, 6.45) is 3.56. The number of carboxylic acids is 1. The van der Waals surface area contributed by atoms with Crippen molar-refractivity contribution >= 4 is 23.5 Å². The van der Waals surface area contributed by atoms with E-state index in [9.17, 15) is 9.59 Å². The Kier molecular flexibility index (Phi) is 5.17. The molecule has 0 saturated heterocycles. The van der Waals surface area contributed by atoms with Gasteiger partial charge in [0.25, 0.3) is 5.91 Å². The van der Waals surface area contributed by atoms with Crippen LogP contribution in [0.4, 0.5) is 0 Å². The molecule has 0 aliphatic heterocycles. The summed E-state index contributed by atoms with van der Waals surface area (Å²) < 4.78 is 0. The van der Waals surface area contributed by atoms with E-state index in [1.807, 2.05) is 6.92 Å². The number of hydrogen-bond donors (Lipinski definition) is 2. The van der Waals surface area contributed by atoms with Crippen molar-refractivity contribution in [3.8, 4) is 0 Å². The first kappa shape index (κ1) is 15.8. The van der Waals surface area contributed by atoms with Crippen LogP contribution in [0.2, 0.25) is 5.15 Å². The molecule has 1 saturated carbocycles. The summed E-state index contributed by atoms with van der Waals surface area (Å²) in [7, 11) is 0. The van der Waals surface area contributed by atoms with Crippen LogP contribution in [0.25, 0.3) is 0 Å². The minimum absolute atomic E-state index is 0.0446. The second kappa shape index (κ2) is 6.89. The molecule has 1 aliphatic rings. The molecule has 0 radical (unpaired) electrons. The molecule has 0 bridgehead atoms. The standard InChI is InChI=1S/C15H19ClN2O3/c1-2-3-11-6-10(7-13(16)17-11)15(21)18-12(8-14(19)20)9-4-5-9/h6-7,9,12H,2-5,8H2,1H3,(H,18,21)(H,19,20). The Morgan fingerprint density at radius 2 is 2.19 bits per heavy atom. The van der Waals surface area contributed by atoms with E-state index in [2.05, 4.69) is 10.3 Å². The first-order valence-electron chi connectivity index (χ1n) is 7.18. The number of carboxylic acid groups (broad SMARTS) is 1. The Hall–Kier alpha value is -1.62. The number of hydrogen-bond acceptors (Lipinski definition) is 3. The van der Waals surface area contributed by atoms with Gasteiger partial charge in [-0.3, -0.25) is 9.59 Å². The number of rotatable bonds is 7. The number of carbonyl (C=O) groups is 2. The highest BCUT2D eigenvalue weighted by molar-refractivity contribution is 6.29. The molecule has 0 aromatic carbocycles. The molecule has 0 spiro atoms. The maximum atomic E-state index is 12.3. The Morgan fingerprint density at radius 3 is 2.76 bits per heavy atom. The molecule has 1 aromatic rings. The van der Waals surface area contributed by atoms with Crippen molar-refractivity contribution in [3.05, 3.63) is 28.5 Å². The van der Waals surface area contributed by atoms with Crippen LogP contribution < -0.4 is 5.32 Å². The second-order valence-electron chi connectivity index (χ2n) is 5.44. The van der Waals surface area contributed by atoms with Crippen LogP contribution >= 0.6 is 11.6 Å². The molecular weight excluding hydrogens is 292 g/mol. The summed E-state index contributed by atoms with van der Waals surface area (Å²) in [5.41, 5.74) is 1.21. The molecule has 1 amide bonds. The number of nitrogens with one attached hydrogen (secondary N) is 1. The number of nitrogens with zero attached hydrogens (tertiary/aromatic N) is 1. The normalized spacial score (nSPS) is 15.5.